The number of nitrogens with zero attached hydrogens (tertiary/aromatic N) is 4. The van der Waals surface area contributed by atoms with Gasteiger partial charge in [0.25, 0.3) is 5.69 Å². The second kappa shape index (κ2) is 8.98. The highest BCUT2D eigenvalue weighted by Crippen LogP contribution is 2.27. The lowest BCUT2D eigenvalue weighted by atomic mass is 10.2. The molecule has 0 spiro atoms. The number of nitro benzene ring substituents is 1. The van der Waals surface area contributed by atoms with Gasteiger partial charge in [-0.1, -0.05) is 31.2 Å². The molecule has 0 atom stereocenters. The standard InChI is InChI=1S/C18H19N5O3S2/c1-3-5-15-8-12(10-27-15)17-20-21-18(22(17)2)28-11-16(24)19-13-6-4-7-14(9-13)23(25)26/h4,6-10H,3,5,11H2,1-2H3,(H,19,24). The summed E-state index contributed by atoms with van der Waals surface area (Å²) >= 11 is 2.97. The molecular weight excluding hydrogens is 398 g/mol. The number of amides is 1. The first-order valence-corrected chi connectivity index (χ1v) is 10.5. The van der Waals surface area contributed by atoms with E-state index in [1.807, 2.05) is 11.6 Å². The number of hydrogen-bond acceptors (Lipinski definition) is 7. The van der Waals surface area contributed by atoms with Gasteiger partial charge in [-0.05, 0) is 18.6 Å². The van der Waals surface area contributed by atoms with E-state index in [2.05, 4.69) is 33.9 Å². The van der Waals surface area contributed by atoms with E-state index in [4.69, 9.17) is 0 Å². The number of benzene rings is 1. The van der Waals surface area contributed by atoms with Crippen LogP contribution in [-0.4, -0.2) is 31.3 Å². The lowest BCUT2D eigenvalue weighted by Gasteiger charge is -2.05. The summed E-state index contributed by atoms with van der Waals surface area (Å²) in [7, 11) is 1.87. The van der Waals surface area contributed by atoms with Gasteiger partial charge in [0.05, 0.1) is 10.7 Å². The molecule has 2 heterocycles. The highest BCUT2D eigenvalue weighted by atomic mass is 32.2. The van der Waals surface area contributed by atoms with Crippen LogP contribution in [0.2, 0.25) is 0 Å². The van der Waals surface area contributed by atoms with Gasteiger partial charge in [0.15, 0.2) is 11.0 Å². The Hall–Kier alpha value is -2.72. The van der Waals surface area contributed by atoms with Crippen molar-refractivity contribution in [3.63, 3.8) is 0 Å². The van der Waals surface area contributed by atoms with E-state index < -0.39 is 4.92 Å². The van der Waals surface area contributed by atoms with Gasteiger partial charge in [-0.25, -0.2) is 0 Å². The van der Waals surface area contributed by atoms with Crippen LogP contribution in [0, 0.1) is 10.1 Å². The molecule has 0 aliphatic heterocycles. The average molecular weight is 418 g/mol. The second-order valence-corrected chi connectivity index (χ2v) is 8.00. The monoisotopic (exact) mass is 417 g/mol. The topological polar surface area (TPSA) is 103 Å². The van der Waals surface area contributed by atoms with Crippen LogP contribution in [0.3, 0.4) is 0 Å². The highest BCUT2D eigenvalue weighted by Gasteiger charge is 2.15. The zero-order valence-electron chi connectivity index (χ0n) is 15.4. The summed E-state index contributed by atoms with van der Waals surface area (Å²) in [4.78, 5) is 23.8. The predicted octanol–water partition coefficient (Wildman–Crippen LogP) is 4.14. The van der Waals surface area contributed by atoms with E-state index in [1.165, 1.54) is 34.8 Å². The first-order chi connectivity index (χ1) is 13.5. The number of thioether (sulfide) groups is 1. The van der Waals surface area contributed by atoms with E-state index in [0.717, 1.165) is 24.2 Å². The molecule has 1 N–H and O–H groups in total. The van der Waals surface area contributed by atoms with E-state index in [0.29, 0.717) is 10.8 Å². The van der Waals surface area contributed by atoms with Crippen LogP contribution >= 0.6 is 23.1 Å². The van der Waals surface area contributed by atoms with Crippen LogP contribution in [0.1, 0.15) is 18.2 Å². The van der Waals surface area contributed by atoms with Crippen LogP contribution in [0.5, 0.6) is 0 Å². The van der Waals surface area contributed by atoms with Gasteiger partial charge in [-0.3, -0.25) is 14.9 Å². The number of aryl methyl sites for hydroxylation is 1. The number of anilines is 1. The van der Waals surface area contributed by atoms with E-state index in [1.54, 1.807) is 17.4 Å². The molecule has 8 nitrogen and oxygen atoms in total. The number of carbonyl (C=O) groups excluding carboxylic acids is 1. The molecule has 0 radical (unpaired) electrons. The number of aromatic nitrogens is 3. The smallest absolute Gasteiger partial charge is 0.271 e. The van der Waals surface area contributed by atoms with Crippen molar-refractivity contribution in [3.05, 3.63) is 50.7 Å². The molecule has 0 saturated heterocycles. The maximum Gasteiger partial charge on any atom is 0.271 e. The van der Waals surface area contributed by atoms with E-state index in [-0.39, 0.29) is 17.3 Å². The molecule has 28 heavy (non-hydrogen) atoms. The largest absolute Gasteiger partial charge is 0.325 e. The minimum Gasteiger partial charge on any atom is -0.325 e. The number of non-ortho nitro benzene ring substituents is 1. The summed E-state index contributed by atoms with van der Waals surface area (Å²) in [6, 6.07) is 7.97. The lowest BCUT2D eigenvalue weighted by molar-refractivity contribution is -0.384. The lowest BCUT2D eigenvalue weighted by Crippen LogP contribution is -2.14. The summed E-state index contributed by atoms with van der Waals surface area (Å²) in [6.07, 6.45) is 2.14. The molecule has 0 unspecified atom stereocenters. The van der Waals surface area contributed by atoms with Crippen LogP contribution in [-0.2, 0) is 18.3 Å². The molecule has 0 fully saturated rings. The zero-order chi connectivity index (χ0) is 20.1. The summed E-state index contributed by atoms with van der Waals surface area (Å²) in [6.45, 7) is 2.15. The van der Waals surface area contributed by atoms with Gasteiger partial charge < -0.3 is 9.88 Å². The van der Waals surface area contributed by atoms with Gasteiger partial charge in [-0.2, -0.15) is 0 Å². The van der Waals surface area contributed by atoms with Crippen molar-refractivity contribution in [1.29, 1.82) is 0 Å². The second-order valence-electron chi connectivity index (χ2n) is 6.06. The van der Waals surface area contributed by atoms with Crippen LogP contribution < -0.4 is 5.32 Å². The Bertz CT molecular complexity index is 999. The minimum absolute atomic E-state index is 0.0680. The summed E-state index contributed by atoms with van der Waals surface area (Å²) in [5.74, 6) is 0.621. The summed E-state index contributed by atoms with van der Waals surface area (Å²) in [5, 5.41) is 24.6. The SMILES string of the molecule is CCCc1cc(-c2nnc(SCC(=O)Nc3cccc([N+](=O)[O-])c3)n2C)cs1. The number of nitro groups is 1. The Morgan fingerprint density at radius 2 is 2.18 bits per heavy atom. The first kappa shape index (κ1) is 20.0. The van der Waals surface area contributed by atoms with E-state index >= 15 is 0 Å². The van der Waals surface area contributed by atoms with E-state index in [9.17, 15) is 14.9 Å². The Morgan fingerprint density at radius 1 is 1.36 bits per heavy atom. The van der Waals surface area contributed by atoms with Crippen molar-refractivity contribution < 1.29 is 9.72 Å². The zero-order valence-corrected chi connectivity index (χ0v) is 17.0. The number of nitrogens with one attached hydrogen (secondary N) is 1. The van der Waals surface area contributed by atoms with Crippen molar-refractivity contribution in [3.8, 4) is 11.4 Å². The molecule has 3 aromatic rings. The first-order valence-electron chi connectivity index (χ1n) is 8.62. The Morgan fingerprint density at radius 3 is 2.93 bits per heavy atom. The maximum atomic E-state index is 12.2. The van der Waals surface area contributed by atoms with Crippen LogP contribution in [0.15, 0.2) is 40.9 Å². The van der Waals surface area contributed by atoms with Crippen molar-refractivity contribution in [2.45, 2.75) is 24.9 Å². The van der Waals surface area contributed by atoms with Gasteiger partial charge >= 0.3 is 0 Å². The molecule has 1 amide bonds. The molecule has 0 aliphatic rings. The molecule has 146 valence electrons. The number of thiophene rings is 1. The van der Waals surface area contributed by atoms with Crippen LogP contribution in [0.4, 0.5) is 11.4 Å². The highest BCUT2D eigenvalue weighted by molar-refractivity contribution is 7.99. The van der Waals surface area contributed by atoms with Crippen molar-refractivity contribution in [2.24, 2.45) is 7.05 Å². The fourth-order valence-electron chi connectivity index (χ4n) is 2.59. The number of hydrogen-bond donors (Lipinski definition) is 1. The van der Waals surface area contributed by atoms with Crippen molar-refractivity contribution >= 4 is 40.4 Å². The molecule has 1 aromatic carbocycles. The van der Waals surface area contributed by atoms with Gasteiger partial charge in [0, 0.05) is 40.7 Å². The van der Waals surface area contributed by atoms with Crippen molar-refractivity contribution in [1.82, 2.24) is 14.8 Å². The summed E-state index contributed by atoms with van der Waals surface area (Å²) in [5.41, 5.74) is 1.35. The summed E-state index contributed by atoms with van der Waals surface area (Å²) < 4.78 is 1.86. The molecule has 0 aliphatic carbocycles. The number of rotatable bonds is 8. The molecular formula is C18H19N5O3S2. The molecule has 2 aromatic heterocycles. The molecule has 3 rings (SSSR count). The fourth-order valence-corrected chi connectivity index (χ4v) is 4.27. The Kier molecular flexibility index (Phi) is 6.42. The van der Waals surface area contributed by atoms with Gasteiger partial charge in [-0.15, -0.1) is 21.5 Å². The van der Waals surface area contributed by atoms with Gasteiger partial charge in [0.1, 0.15) is 0 Å². The van der Waals surface area contributed by atoms with Crippen LogP contribution in [0.25, 0.3) is 11.4 Å². The molecule has 0 bridgehead atoms. The maximum absolute atomic E-state index is 12.2. The Balaban J connectivity index is 1.61. The predicted molar refractivity (Wildman–Crippen MR) is 111 cm³/mol. The minimum atomic E-state index is -0.498. The fraction of sp³-hybridized carbons (Fsp3) is 0.278. The molecule has 0 saturated carbocycles. The third-order valence-corrected chi connectivity index (χ3v) is 5.93. The normalized spacial score (nSPS) is 10.8. The van der Waals surface area contributed by atoms with Gasteiger partial charge in [0.2, 0.25) is 5.91 Å². The third-order valence-electron chi connectivity index (χ3n) is 3.92. The Labute approximate surface area is 170 Å². The van der Waals surface area contributed by atoms with Crippen molar-refractivity contribution in [2.75, 3.05) is 11.1 Å². The quantitative estimate of drug-likeness (QED) is 0.336. The number of carbonyl (C=O) groups is 1. The third kappa shape index (κ3) is 4.76. The average Bonchev–Trinajstić information content (AvgIpc) is 3.27. The molecule has 10 heteroatoms.